The molecule has 0 unspecified atom stereocenters. The molecule has 2 heterocycles. The summed E-state index contributed by atoms with van der Waals surface area (Å²) in [6.45, 7) is 6.60. The summed E-state index contributed by atoms with van der Waals surface area (Å²) in [7, 11) is 0. The Kier molecular flexibility index (Phi) is 4.85. The number of benzene rings is 1. The van der Waals surface area contributed by atoms with Crippen molar-refractivity contribution in [2.45, 2.75) is 20.0 Å². The van der Waals surface area contributed by atoms with E-state index in [1.54, 1.807) is 6.20 Å². The molecule has 0 radical (unpaired) electrons. The molecule has 1 fully saturated rings. The van der Waals surface area contributed by atoms with E-state index in [0.717, 1.165) is 44.0 Å². The average molecular weight is 298 g/mol. The van der Waals surface area contributed by atoms with Crippen LogP contribution in [-0.4, -0.2) is 36.1 Å². The van der Waals surface area contributed by atoms with Crippen LogP contribution in [0, 0.1) is 6.92 Å². The maximum absolute atomic E-state index is 5.79. The van der Waals surface area contributed by atoms with Gasteiger partial charge in [0.25, 0.3) is 0 Å². The van der Waals surface area contributed by atoms with E-state index in [2.05, 4.69) is 45.3 Å². The lowest BCUT2D eigenvalue weighted by molar-refractivity contribution is 0.292. The molecule has 0 bridgehead atoms. The highest BCUT2D eigenvalue weighted by atomic mass is 16.5. The van der Waals surface area contributed by atoms with E-state index in [0.29, 0.717) is 12.5 Å². The Labute approximate surface area is 131 Å². The number of nitrogens with one attached hydrogen (secondary N) is 1. The first kappa shape index (κ1) is 14.8. The highest BCUT2D eigenvalue weighted by molar-refractivity contribution is 5.37. The predicted octanol–water partition coefficient (Wildman–Crippen LogP) is 2.16. The summed E-state index contributed by atoms with van der Waals surface area (Å²) < 4.78 is 5.79. The van der Waals surface area contributed by atoms with Gasteiger partial charge in [0.1, 0.15) is 6.61 Å². The Morgan fingerprint density at radius 2 is 2.18 bits per heavy atom. The van der Waals surface area contributed by atoms with Gasteiger partial charge in [0.15, 0.2) is 5.82 Å². The van der Waals surface area contributed by atoms with Crippen LogP contribution in [0.4, 0.5) is 5.82 Å². The maximum Gasteiger partial charge on any atom is 0.234 e. The second-order valence-electron chi connectivity index (χ2n) is 5.58. The Hall–Kier alpha value is -2.14. The molecular formula is C17H22N4O. The molecule has 1 aromatic heterocycles. The number of ether oxygens (including phenoxy) is 1. The molecule has 1 aromatic carbocycles. The number of hydrogen-bond acceptors (Lipinski definition) is 5. The minimum absolute atomic E-state index is 0.515. The third-order valence-electron chi connectivity index (χ3n) is 3.73. The van der Waals surface area contributed by atoms with Gasteiger partial charge in [-0.1, -0.05) is 29.8 Å². The van der Waals surface area contributed by atoms with Crippen molar-refractivity contribution in [1.82, 2.24) is 15.3 Å². The molecule has 0 saturated carbocycles. The van der Waals surface area contributed by atoms with Crippen LogP contribution in [-0.2, 0) is 6.61 Å². The van der Waals surface area contributed by atoms with E-state index in [1.807, 2.05) is 12.3 Å². The van der Waals surface area contributed by atoms with E-state index in [4.69, 9.17) is 4.74 Å². The first-order valence-electron chi connectivity index (χ1n) is 7.77. The van der Waals surface area contributed by atoms with Gasteiger partial charge in [-0.05, 0) is 25.5 Å². The van der Waals surface area contributed by atoms with Gasteiger partial charge in [0.2, 0.25) is 5.88 Å². The fraction of sp³-hybridized carbons (Fsp3) is 0.412. The summed E-state index contributed by atoms with van der Waals surface area (Å²) in [4.78, 5) is 11.1. The molecule has 1 aliphatic heterocycles. The number of nitrogens with zero attached hydrogens (tertiary/aromatic N) is 3. The molecule has 1 N–H and O–H groups in total. The zero-order chi connectivity index (χ0) is 15.2. The molecule has 5 nitrogen and oxygen atoms in total. The first-order chi connectivity index (χ1) is 10.8. The third-order valence-corrected chi connectivity index (χ3v) is 3.73. The van der Waals surface area contributed by atoms with Crippen molar-refractivity contribution in [3.8, 4) is 5.88 Å². The van der Waals surface area contributed by atoms with Gasteiger partial charge >= 0.3 is 0 Å². The van der Waals surface area contributed by atoms with Crippen LogP contribution in [0.25, 0.3) is 0 Å². The molecule has 1 aliphatic rings. The standard InChI is InChI=1S/C17H22N4O/c1-14-4-2-5-15(10-14)13-22-17-12-19-11-16(20-17)21-8-3-6-18-7-9-21/h2,4-5,10-12,18H,3,6-9,13H2,1H3. The van der Waals surface area contributed by atoms with Gasteiger partial charge in [-0.2, -0.15) is 4.98 Å². The molecule has 0 atom stereocenters. The summed E-state index contributed by atoms with van der Waals surface area (Å²) in [5, 5.41) is 3.39. The quantitative estimate of drug-likeness (QED) is 0.937. The lowest BCUT2D eigenvalue weighted by atomic mass is 10.1. The summed E-state index contributed by atoms with van der Waals surface area (Å²) in [6, 6.07) is 8.31. The van der Waals surface area contributed by atoms with E-state index in [9.17, 15) is 0 Å². The Balaban J connectivity index is 1.65. The summed E-state index contributed by atoms with van der Waals surface area (Å²) in [6.07, 6.45) is 4.61. The van der Waals surface area contributed by atoms with Crippen molar-refractivity contribution in [2.75, 3.05) is 31.1 Å². The number of hydrogen-bond donors (Lipinski definition) is 1. The molecule has 2 aromatic rings. The van der Waals surface area contributed by atoms with Crippen LogP contribution in [0.1, 0.15) is 17.5 Å². The van der Waals surface area contributed by atoms with Crippen LogP contribution >= 0.6 is 0 Å². The Morgan fingerprint density at radius 3 is 3.09 bits per heavy atom. The zero-order valence-electron chi connectivity index (χ0n) is 13.0. The lowest BCUT2D eigenvalue weighted by Crippen LogP contribution is -2.28. The van der Waals surface area contributed by atoms with Crippen molar-refractivity contribution >= 4 is 5.82 Å². The van der Waals surface area contributed by atoms with E-state index >= 15 is 0 Å². The fourth-order valence-corrected chi connectivity index (χ4v) is 2.59. The minimum Gasteiger partial charge on any atom is -0.472 e. The molecule has 0 aliphatic carbocycles. The largest absolute Gasteiger partial charge is 0.472 e. The van der Waals surface area contributed by atoms with Crippen molar-refractivity contribution < 1.29 is 4.74 Å². The topological polar surface area (TPSA) is 50.3 Å². The van der Waals surface area contributed by atoms with Gasteiger partial charge in [0.05, 0.1) is 12.4 Å². The smallest absolute Gasteiger partial charge is 0.234 e. The number of aryl methyl sites for hydroxylation is 1. The SMILES string of the molecule is Cc1cccc(COc2cncc(N3CCCNCC3)n2)c1. The highest BCUT2D eigenvalue weighted by Gasteiger charge is 2.12. The number of rotatable bonds is 4. The Morgan fingerprint density at radius 1 is 1.23 bits per heavy atom. The molecule has 0 spiro atoms. The van der Waals surface area contributed by atoms with Crippen LogP contribution < -0.4 is 15.0 Å². The van der Waals surface area contributed by atoms with Gasteiger partial charge in [-0.3, -0.25) is 4.98 Å². The molecular weight excluding hydrogens is 276 g/mol. The molecule has 22 heavy (non-hydrogen) atoms. The normalized spacial score (nSPS) is 15.4. The van der Waals surface area contributed by atoms with Gasteiger partial charge < -0.3 is 15.0 Å². The molecule has 116 valence electrons. The molecule has 0 amide bonds. The van der Waals surface area contributed by atoms with Gasteiger partial charge in [-0.25, -0.2) is 0 Å². The summed E-state index contributed by atoms with van der Waals surface area (Å²) in [5.74, 6) is 1.47. The van der Waals surface area contributed by atoms with Crippen molar-refractivity contribution in [3.63, 3.8) is 0 Å². The van der Waals surface area contributed by atoms with Gasteiger partial charge in [-0.15, -0.1) is 0 Å². The van der Waals surface area contributed by atoms with E-state index < -0.39 is 0 Å². The lowest BCUT2D eigenvalue weighted by Gasteiger charge is -2.20. The Bertz CT molecular complexity index is 609. The fourth-order valence-electron chi connectivity index (χ4n) is 2.59. The predicted molar refractivity (Wildman–Crippen MR) is 87.2 cm³/mol. The first-order valence-corrected chi connectivity index (χ1v) is 7.77. The highest BCUT2D eigenvalue weighted by Crippen LogP contribution is 2.16. The maximum atomic E-state index is 5.79. The monoisotopic (exact) mass is 298 g/mol. The van der Waals surface area contributed by atoms with E-state index in [1.165, 1.54) is 5.56 Å². The molecule has 5 heteroatoms. The van der Waals surface area contributed by atoms with Gasteiger partial charge in [0, 0.05) is 19.6 Å². The minimum atomic E-state index is 0.515. The van der Waals surface area contributed by atoms with Crippen molar-refractivity contribution in [2.24, 2.45) is 0 Å². The third kappa shape index (κ3) is 3.95. The van der Waals surface area contributed by atoms with Crippen LogP contribution in [0.2, 0.25) is 0 Å². The van der Waals surface area contributed by atoms with Crippen LogP contribution in [0.3, 0.4) is 0 Å². The van der Waals surface area contributed by atoms with Crippen molar-refractivity contribution in [1.29, 1.82) is 0 Å². The zero-order valence-corrected chi connectivity index (χ0v) is 13.0. The summed E-state index contributed by atoms with van der Waals surface area (Å²) >= 11 is 0. The molecule has 1 saturated heterocycles. The van der Waals surface area contributed by atoms with Crippen molar-refractivity contribution in [3.05, 3.63) is 47.8 Å². The number of anilines is 1. The summed E-state index contributed by atoms with van der Waals surface area (Å²) in [5.41, 5.74) is 2.38. The second kappa shape index (κ2) is 7.22. The molecule has 3 rings (SSSR count). The average Bonchev–Trinajstić information content (AvgIpc) is 2.83. The second-order valence-corrected chi connectivity index (χ2v) is 5.58. The van der Waals surface area contributed by atoms with Crippen LogP contribution in [0.5, 0.6) is 5.88 Å². The van der Waals surface area contributed by atoms with E-state index in [-0.39, 0.29) is 0 Å². The number of aromatic nitrogens is 2. The van der Waals surface area contributed by atoms with Crippen LogP contribution in [0.15, 0.2) is 36.7 Å².